The van der Waals surface area contributed by atoms with E-state index in [9.17, 15) is 4.79 Å². The molecule has 0 saturated carbocycles. The monoisotopic (exact) mass is 188 g/mol. The molecule has 0 bridgehead atoms. The van der Waals surface area contributed by atoms with Gasteiger partial charge in [-0.3, -0.25) is 0 Å². The van der Waals surface area contributed by atoms with Crippen LogP contribution in [0.5, 0.6) is 0 Å². The maximum Gasteiger partial charge on any atom is 0.335 e. The summed E-state index contributed by atoms with van der Waals surface area (Å²) in [5, 5.41) is 8.83. The van der Waals surface area contributed by atoms with Gasteiger partial charge >= 0.3 is 5.97 Å². The molecule has 0 radical (unpaired) electrons. The van der Waals surface area contributed by atoms with Gasteiger partial charge in [-0.15, -0.1) is 0 Å². The van der Waals surface area contributed by atoms with E-state index in [-0.39, 0.29) is 0 Å². The Bertz CT molecular complexity index is 391. The molecule has 2 rings (SSSR count). The second-order valence-corrected chi connectivity index (χ2v) is 3.51. The van der Waals surface area contributed by atoms with Crippen molar-refractivity contribution >= 4 is 11.5 Å². The summed E-state index contributed by atoms with van der Waals surface area (Å²) in [6.07, 6.45) is 5.57. The number of hydrogen-bond donors (Lipinski definition) is 1. The second-order valence-electron chi connectivity index (χ2n) is 3.51. The molecule has 2 nitrogen and oxygen atoms in total. The first-order chi connectivity index (χ1) is 6.77. The number of rotatable bonds is 2. The summed E-state index contributed by atoms with van der Waals surface area (Å²) in [6, 6.07) is 7.16. The average Bonchev–Trinajstić information content (AvgIpc) is 2.71. The third kappa shape index (κ3) is 1.69. The Morgan fingerprint density at radius 2 is 2.21 bits per heavy atom. The quantitative estimate of drug-likeness (QED) is 0.774. The van der Waals surface area contributed by atoms with Crippen LogP contribution in [0, 0.1) is 0 Å². The van der Waals surface area contributed by atoms with Gasteiger partial charge in [0.2, 0.25) is 0 Å². The highest BCUT2D eigenvalue weighted by Gasteiger charge is 2.09. The highest BCUT2D eigenvalue weighted by atomic mass is 16.4. The zero-order valence-electron chi connectivity index (χ0n) is 7.86. The fourth-order valence-electron chi connectivity index (χ4n) is 1.79. The van der Waals surface area contributed by atoms with Gasteiger partial charge < -0.3 is 5.11 Å². The van der Waals surface area contributed by atoms with Crippen molar-refractivity contribution in [2.45, 2.75) is 19.3 Å². The van der Waals surface area contributed by atoms with E-state index in [2.05, 4.69) is 6.08 Å². The van der Waals surface area contributed by atoms with Crippen LogP contribution in [0.1, 0.15) is 35.2 Å². The summed E-state index contributed by atoms with van der Waals surface area (Å²) < 4.78 is 0. The van der Waals surface area contributed by atoms with Gasteiger partial charge in [-0.2, -0.15) is 0 Å². The van der Waals surface area contributed by atoms with Gasteiger partial charge in [0.1, 0.15) is 0 Å². The van der Waals surface area contributed by atoms with Crippen molar-refractivity contribution in [1.29, 1.82) is 0 Å². The van der Waals surface area contributed by atoms with Crippen LogP contribution >= 0.6 is 0 Å². The summed E-state index contributed by atoms with van der Waals surface area (Å²) in [5.74, 6) is -0.856. The maximum atomic E-state index is 10.7. The molecule has 1 aliphatic carbocycles. The molecule has 14 heavy (non-hydrogen) atoms. The van der Waals surface area contributed by atoms with Crippen molar-refractivity contribution in [3.63, 3.8) is 0 Å². The summed E-state index contributed by atoms with van der Waals surface area (Å²) in [4.78, 5) is 10.7. The number of carboxylic acid groups (broad SMARTS) is 1. The average molecular weight is 188 g/mol. The molecule has 72 valence electrons. The smallest absolute Gasteiger partial charge is 0.335 e. The number of allylic oxidation sites excluding steroid dienone is 2. The van der Waals surface area contributed by atoms with E-state index in [1.54, 1.807) is 18.2 Å². The van der Waals surface area contributed by atoms with E-state index in [0.717, 1.165) is 18.4 Å². The van der Waals surface area contributed by atoms with Gasteiger partial charge in [-0.05, 0) is 42.5 Å². The molecule has 2 heteroatoms. The first-order valence-electron chi connectivity index (χ1n) is 4.80. The van der Waals surface area contributed by atoms with Gasteiger partial charge in [0.25, 0.3) is 0 Å². The van der Waals surface area contributed by atoms with Crippen LogP contribution in [-0.4, -0.2) is 11.1 Å². The molecule has 1 aromatic carbocycles. The van der Waals surface area contributed by atoms with Gasteiger partial charge in [0.05, 0.1) is 5.56 Å². The van der Waals surface area contributed by atoms with E-state index in [4.69, 9.17) is 5.11 Å². The van der Waals surface area contributed by atoms with Crippen LogP contribution < -0.4 is 0 Å². The summed E-state index contributed by atoms with van der Waals surface area (Å²) >= 11 is 0. The minimum Gasteiger partial charge on any atom is -0.478 e. The first kappa shape index (κ1) is 9.00. The van der Waals surface area contributed by atoms with Gasteiger partial charge in [0, 0.05) is 0 Å². The molecule has 1 aromatic rings. The van der Waals surface area contributed by atoms with Crippen LogP contribution in [0.25, 0.3) is 5.57 Å². The van der Waals surface area contributed by atoms with Gasteiger partial charge in [-0.25, -0.2) is 4.79 Å². The number of hydrogen-bond acceptors (Lipinski definition) is 1. The van der Waals surface area contributed by atoms with Crippen molar-refractivity contribution in [1.82, 2.24) is 0 Å². The molecular formula is C12H12O2. The van der Waals surface area contributed by atoms with Crippen molar-refractivity contribution in [2.75, 3.05) is 0 Å². The Kier molecular flexibility index (Phi) is 2.35. The van der Waals surface area contributed by atoms with Crippen molar-refractivity contribution in [2.24, 2.45) is 0 Å². The minimum absolute atomic E-state index is 0.371. The summed E-state index contributed by atoms with van der Waals surface area (Å²) in [5.41, 5.74) is 2.71. The molecule has 0 aliphatic heterocycles. The Morgan fingerprint density at radius 1 is 1.36 bits per heavy atom. The molecule has 0 heterocycles. The van der Waals surface area contributed by atoms with Crippen molar-refractivity contribution < 1.29 is 9.90 Å². The second kappa shape index (κ2) is 3.66. The van der Waals surface area contributed by atoms with Crippen LogP contribution in [0.3, 0.4) is 0 Å². The molecule has 0 fully saturated rings. The summed E-state index contributed by atoms with van der Waals surface area (Å²) in [6.45, 7) is 0. The minimum atomic E-state index is -0.856. The molecule has 0 unspecified atom stereocenters. The van der Waals surface area contributed by atoms with Crippen LogP contribution in [-0.2, 0) is 0 Å². The van der Waals surface area contributed by atoms with E-state index >= 15 is 0 Å². The predicted octanol–water partition coefficient (Wildman–Crippen LogP) is 2.95. The lowest BCUT2D eigenvalue weighted by Crippen LogP contribution is -1.96. The van der Waals surface area contributed by atoms with E-state index < -0.39 is 5.97 Å². The van der Waals surface area contributed by atoms with Gasteiger partial charge in [-0.1, -0.05) is 18.2 Å². The third-order valence-corrected chi connectivity index (χ3v) is 2.52. The molecular weight excluding hydrogens is 176 g/mol. The van der Waals surface area contributed by atoms with Crippen molar-refractivity contribution in [3.8, 4) is 0 Å². The zero-order valence-corrected chi connectivity index (χ0v) is 7.86. The molecule has 0 aromatic heterocycles. The Labute approximate surface area is 82.9 Å². The lowest BCUT2D eigenvalue weighted by molar-refractivity contribution is 0.0697. The fourth-order valence-corrected chi connectivity index (χ4v) is 1.79. The topological polar surface area (TPSA) is 37.3 Å². The lowest BCUT2D eigenvalue weighted by Gasteiger charge is -2.02. The first-order valence-corrected chi connectivity index (χ1v) is 4.80. The molecule has 0 amide bonds. The molecule has 0 saturated heterocycles. The van der Waals surface area contributed by atoms with Crippen LogP contribution in [0.2, 0.25) is 0 Å². The fraction of sp³-hybridized carbons (Fsp3) is 0.250. The number of aromatic carboxylic acids is 1. The van der Waals surface area contributed by atoms with E-state index in [0.29, 0.717) is 5.56 Å². The van der Waals surface area contributed by atoms with E-state index in [1.165, 1.54) is 12.0 Å². The van der Waals surface area contributed by atoms with Crippen LogP contribution in [0.4, 0.5) is 0 Å². The Balaban J connectivity index is 2.34. The van der Waals surface area contributed by atoms with Gasteiger partial charge in [0.15, 0.2) is 0 Å². The number of carboxylic acids is 1. The summed E-state index contributed by atoms with van der Waals surface area (Å²) in [7, 11) is 0. The zero-order chi connectivity index (χ0) is 9.97. The van der Waals surface area contributed by atoms with E-state index in [1.807, 2.05) is 6.07 Å². The third-order valence-electron chi connectivity index (χ3n) is 2.52. The normalized spacial score (nSPS) is 15.3. The predicted molar refractivity (Wildman–Crippen MR) is 55.2 cm³/mol. The molecule has 1 N–H and O–H groups in total. The lowest BCUT2D eigenvalue weighted by atomic mass is 10.0. The largest absolute Gasteiger partial charge is 0.478 e. The standard InChI is InChI=1S/C12H12O2/c13-12(14)11-7-3-6-10(8-11)9-4-1-2-5-9/h3-4,6-8H,1-2,5H2,(H,13,14). The molecule has 1 aliphatic rings. The number of carbonyl (C=O) groups is 1. The van der Waals surface area contributed by atoms with Crippen molar-refractivity contribution in [3.05, 3.63) is 41.5 Å². The highest BCUT2D eigenvalue weighted by Crippen LogP contribution is 2.27. The molecule has 0 atom stereocenters. The van der Waals surface area contributed by atoms with Crippen LogP contribution in [0.15, 0.2) is 30.3 Å². The Hall–Kier alpha value is -1.57. The highest BCUT2D eigenvalue weighted by molar-refractivity contribution is 5.89. The molecule has 0 spiro atoms. The SMILES string of the molecule is O=C(O)c1cccc(C2=CCCC2)c1. The maximum absolute atomic E-state index is 10.7. The number of benzene rings is 1. The Morgan fingerprint density at radius 3 is 2.86 bits per heavy atom.